The molecular weight excluding hydrogens is 272 g/mol. The van der Waals surface area contributed by atoms with Crippen LogP contribution < -0.4 is 0 Å². The summed E-state index contributed by atoms with van der Waals surface area (Å²) in [7, 11) is 0. The van der Waals surface area contributed by atoms with Crippen molar-refractivity contribution in [3.63, 3.8) is 0 Å². The van der Waals surface area contributed by atoms with Crippen LogP contribution in [-0.2, 0) is 11.3 Å². The van der Waals surface area contributed by atoms with Crippen molar-refractivity contribution in [1.29, 1.82) is 0 Å². The molecule has 0 aromatic heterocycles. The van der Waals surface area contributed by atoms with Crippen molar-refractivity contribution in [1.82, 2.24) is 4.90 Å². The number of carbonyl (C=O) groups is 1. The van der Waals surface area contributed by atoms with E-state index >= 15 is 0 Å². The van der Waals surface area contributed by atoms with Crippen molar-refractivity contribution in [2.24, 2.45) is 5.18 Å². The highest BCUT2D eigenvalue weighted by Gasteiger charge is 2.31. The van der Waals surface area contributed by atoms with Crippen LogP contribution in [0.2, 0.25) is 0 Å². The molecule has 1 aliphatic rings. The molecule has 6 nitrogen and oxygen atoms in total. The Labute approximate surface area is 122 Å². The molecule has 2 N–H and O–H groups in total. The molecule has 1 aromatic rings. The maximum Gasteiger partial charge on any atom is 0.303 e. The predicted octanol–water partition coefficient (Wildman–Crippen LogP) is 3.18. The highest BCUT2D eigenvalue weighted by molar-refractivity contribution is 5.74. The quantitative estimate of drug-likeness (QED) is 0.619. The summed E-state index contributed by atoms with van der Waals surface area (Å²) < 4.78 is 0. The van der Waals surface area contributed by atoms with Crippen LogP contribution in [-0.4, -0.2) is 27.1 Å². The molecular formula is C15H16N2O4. The molecule has 0 spiro atoms. The smallest absolute Gasteiger partial charge is 0.303 e. The second-order valence-electron chi connectivity index (χ2n) is 4.91. The van der Waals surface area contributed by atoms with E-state index in [9.17, 15) is 14.8 Å². The van der Waals surface area contributed by atoms with Crippen LogP contribution in [0, 0.1) is 4.91 Å². The molecule has 6 heteroatoms. The Balaban J connectivity index is 2.29. The summed E-state index contributed by atoms with van der Waals surface area (Å²) >= 11 is 0. The van der Waals surface area contributed by atoms with Gasteiger partial charge in [-0.25, -0.2) is 0 Å². The van der Waals surface area contributed by atoms with Crippen molar-refractivity contribution in [2.75, 3.05) is 0 Å². The van der Waals surface area contributed by atoms with Gasteiger partial charge in [0.25, 0.3) is 0 Å². The van der Waals surface area contributed by atoms with Crippen molar-refractivity contribution in [3.05, 3.63) is 53.2 Å². The lowest BCUT2D eigenvalue weighted by Crippen LogP contribution is -2.31. The zero-order valence-electron chi connectivity index (χ0n) is 11.5. The first kappa shape index (κ1) is 14.8. The average Bonchev–Trinajstić information content (AvgIpc) is 2.76. The first-order valence-electron chi connectivity index (χ1n) is 6.46. The van der Waals surface area contributed by atoms with E-state index < -0.39 is 12.0 Å². The number of carboxylic acids is 1. The summed E-state index contributed by atoms with van der Waals surface area (Å²) in [4.78, 5) is 23.3. The van der Waals surface area contributed by atoms with Crippen LogP contribution in [0.25, 0.3) is 5.70 Å². The van der Waals surface area contributed by atoms with Gasteiger partial charge in [-0.3, -0.25) is 4.79 Å². The molecule has 1 atom stereocenters. The van der Waals surface area contributed by atoms with Crippen LogP contribution in [0.15, 0.2) is 42.3 Å². The summed E-state index contributed by atoms with van der Waals surface area (Å²) in [6.07, 6.45) is 0.116. The number of hydrogen-bond acceptors (Lipinski definition) is 5. The van der Waals surface area contributed by atoms with Crippen molar-refractivity contribution in [3.8, 4) is 0 Å². The monoisotopic (exact) mass is 288 g/mol. The Bertz CT molecular complexity index is 624. The van der Waals surface area contributed by atoms with Crippen molar-refractivity contribution in [2.45, 2.75) is 25.4 Å². The van der Waals surface area contributed by atoms with Crippen LogP contribution in [0.1, 0.15) is 24.0 Å². The number of carboxylic acid groups (broad SMARTS) is 1. The minimum atomic E-state index is -0.946. The van der Waals surface area contributed by atoms with Crippen molar-refractivity contribution < 1.29 is 15.0 Å². The predicted molar refractivity (Wildman–Crippen MR) is 78.9 cm³/mol. The van der Waals surface area contributed by atoms with E-state index in [0.29, 0.717) is 17.9 Å². The molecule has 2 rings (SSSR count). The van der Waals surface area contributed by atoms with Gasteiger partial charge in [0.2, 0.25) is 0 Å². The molecule has 21 heavy (non-hydrogen) atoms. The van der Waals surface area contributed by atoms with Gasteiger partial charge in [0.05, 0.1) is 6.04 Å². The van der Waals surface area contributed by atoms with E-state index in [1.54, 1.807) is 17.0 Å². The molecule has 0 saturated carbocycles. The minimum Gasteiger partial charge on any atom is -0.511 e. The maximum absolute atomic E-state index is 10.9. The third-order valence-electron chi connectivity index (χ3n) is 3.63. The first-order valence-corrected chi connectivity index (χ1v) is 6.46. The van der Waals surface area contributed by atoms with Gasteiger partial charge < -0.3 is 15.1 Å². The molecule has 1 aliphatic heterocycles. The number of fused-ring (bicyclic) bond motifs is 1. The van der Waals surface area contributed by atoms with Gasteiger partial charge in [-0.15, -0.1) is 4.91 Å². The summed E-state index contributed by atoms with van der Waals surface area (Å²) in [6, 6.07) is 4.59. The lowest BCUT2D eigenvalue weighted by Gasteiger charge is -2.29. The second-order valence-corrected chi connectivity index (χ2v) is 4.91. The highest BCUT2D eigenvalue weighted by Crippen LogP contribution is 2.39. The zero-order valence-corrected chi connectivity index (χ0v) is 11.5. The maximum atomic E-state index is 10.9. The van der Waals surface area contributed by atoms with E-state index in [2.05, 4.69) is 18.3 Å². The first-order chi connectivity index (χ1) is 9.95. The number of hydrogen-bond donors (Lipinski definition) is 2. The Morgan fingerprint density at radius 2 is 2.14 bits per heavy atom. The summed E-state index contributed by atoms with van der Waals surface area (Å²) in [6.45, 7) is 7.83. The SMILES string of the molecule is C=C(O)C(CCC(=O)O)N1Cc2c(N=O)cccc2C1=C. The van der Waals surface area contributed by atoms with Gasteiger partial charge in [-0.05, 0) is 17.7 Å². The van der Waals surface area contributed by atoms with Gasteiger partial charge in [0.1, 0.15) is 11.4 Å². The lowest BCUT2D eigenvalue weighted by molar-refractivity contribution is -0.137. The van der Waals surface area contributed by atoms with Crippen molar-refractivity contribution >= 4 is 17.4 Å². The fourth-order valence-electron chi connectivity index (χ4n) is 2.58. The molecule has 110 valence electrons. The number of benzene rings is 1. The topological polar surface area (TPSA) is 90.2 Å². The van der Waals surface area contributed by atoms with Crippen LogP contribution in [0.5, 0.6) is 0 Å². The van der Waals surface area contributed by atoms with Gasteiger partial charge in [-0.2, -0.15) is 0 Å². The summed E-state index contributed by atoms with van der Waals surface area (Å²) in [5.41, 5.74) is 2.48. The molecule has 0 bridgehead atoms. The van der Waals surface area contributed by atoms with Gasteiger partial charge in [-0.1, -0.05) is 25.3 Å². The molecule has 0 radical (unpaired) electrons. The molecule has 0 amide bonds. The number of rotatable bonds is 6. The largest absolute Gasteiger partial charge is 0.511 e. The van der Waals surface area contributed by atoms with E-state index in [1.807, 2.05) is 6.07 Å². The average molecular weight is 288 g/mol. The number of aliphatic hydroxyl groups is 1. The number of aliphatic carboxylic acids is 1. The highest BCUT2D eigenvalue weighted by atomic mass is 16.4. The third kappa shape index (κ3) is 2.79. The van der Waals surface area contributed by atoms with Gasteiger partial charge in [0, 0.05) is 29.8 Å². The van der Waals surface area contributed by atoms with Crippen LogP contribution in [0.3, 0.4) is 0 Å². The molecule has 1 unspecified atom stereocenters. The minimum absolute atomic E-state index is 0.0941. The number of aliphatic hydroxyl groups excluding tert-OH is 1. The number of nitroso groups, excluding NO2 is 1. The van der Waals surface area contributed by atoms with Gasteiger partial charge in [0.15, 0.2) is 0 Å². The Morgan fingerprint density at radius 1 is 1.43 bits per heavy atom. The molecule has 0 saturated heterocycles. The van der Waals surface area contributed by atoms with Crippen LogP contribution >= 0.6 is 0 Å². The lowest BCUT2D eigenvalue weighted by atomic mass is 10.1. The normalized spacial score (nSPS) is 14.7. The molecule has 0 fully saturated rings. The molecule has 1 heterocycles. The van der Waals surface area contributed by atoms with Gasteiger partial charge >= 0.3 is 5.97 Å². The van der Waals surface area contributed by atoms with Crippen LogP contribution in [0.4, 0.5) is 5.69 Å². The van der Waals surface area contributed by atoms with E-state index in [0.717, 1.165) is 11.1 Å². The molecule has 0 aliphatic carbocycles. The number of nitrogens with zero attached hydrogens (tertiary/aromatic N) is 2. The fourth-order valence-corrected chi connectivity index (χ4v) is 2.58. The summed E-state index contributed by atoms with van der Waals surface area (Å²) in [5, 5.41) is 21.5. The van der Waals surface area contributed by atoms with E-state index in [4.69, 9.17) is 5.11 Å². The molecule has 1 aromatic carbocycles. The summed E-state index contributed by atoms with van der Waals surface area (Å²) in [5.74, 6) is -1.07. The third-order valence-corrected chi connectivity index (χ3v) is 3.63. The Hall–Kier alpha value is -2.63. The fraction of sp³-hybridized carbons (Fsp3) is 0.267. The Morgan fingerprint density at radius 3 is 2.71 bits per heavy atom. The Kier molecular flexibility index (Phi) is 4.07. The zero-order chi connectivity index (χ0) is 15.6. The van der Waals surface area contributed by atoms with E-state index in [1.165, 1.54) is 0 Å². The van der Waals surface area contributed by atoms with E-state index in [-0.39, 0.29) is 18.6 Å². The second kappa shape index (κ2) is 5.78. The standard InChI is InChI=1S/C15H16N2O4/c1-9-11-4-3-5-13(16-21)12(11)8-17(9)14(10(2)18)6-7-15(19)20/h3-5,14,18H,1-2,6-8H2,(H,19,20).